The van der Waals surface area contributed by atoms with Crippen LogP contribution in [-0.4, -0.2) is 38.9 Å². The molecule has 2 heterocycles. The molecule has 3 aromatic rings. The predicted molar refractivity (Wildman–Crippen MR) is 128 cm³/mol. The lowest BCUT2D eigenvalue weighted by atomic mass is 10.1. The van der Waals surface area contributed by atoms with Gasteiger partial charge in [0.05, 0.1) is 4.90 Å². The van der Waals surface area contributed by atoms with Crippen LogP contribution in [0, 0.1) is 12.8 Å². The van der Waals surface area contributed by atoms with E-state index in [0.29, 0.717) is 24.1 Å². The standard InChI is InChI=1S/C26H30N2O4S/c1-19-8-6-7-11-25(19)33(30,31)18-23-12-13-24(32-23)26(29)27-16-21-14-15-28(17-21)20(2)22-9-4-3-5-10-22/h3-13,20-21H,14-18H2,1-2H3,(H,27,29). The molecule has 1 amide bonds. The fourth-order valence-corrected chi connectivity index (χ4v) is 5.93. The first-order valence-electron chi connectivity index (χ1n) is 11.3. The maximum absolute atomic E-state index is 12.7. The Kier molecular flexibility index (Phi) is 7.00. The van der Waals surface area contributed by atoms with Crippen LogP contribution in [0.1, 0.15) is 46.8 Å². The third-order valence-electron chi connectivity index (χ3n) is 6.34. The van der Waals surface area contributed by atoms with E-state index in [-0.39, 0.29) is 28.1 Å². The van der Waals surface area contributed by atoms with Crippen molar-refractivity contribution in [1.29, 1.82) is 0 Å². The Balaban J connectivity index is 1.30. The van der Waals surface area contributed by atoms with Crippen LogP contribution in [0.25, 0.3) is 0 Å². The van der Waals surface area contributed by atoms with Gasteiger partial charge >= 0.3 is 0 Å². The number of furan rings is 1. The van der Waals surface area contributed by atoms with Gasteiger partial charge in [-0.1, -0.05) is 48.5 Å². The molecule has 33 heavy (non-hydrogen) atoms. The molecule has 1 aromatic heterocycles. The molecule has 0 aliphatic carbocycles. The van der Waals surface area contributed by atoms with Gasteiger partial charge in [0.1, 0.15) is 11.5 Å². The van der Waals surface area contributed by atoms with Crippen molar-refractivity contribution < 1.29 is 17.6 Å². The fraction of sp³-hybridized carbons (Fsp3) is 0.346. The van der Waals surface area contributed by atoms with Crippen LogP contribution in [0.3, 0.4) is 0 Å². The average Bonchev–Trinajstić information content (AvgIpc) is 3.47. The fourth-order valence-electron chi connectivity index (χ4n) is 4.40. The summed E-state index contributed by atoms with van der Waals surface area (Å²) in [6, 6.07) is 20.7. The topological polar surface area (TPSA) is 79.6 Å². The molecule has 0 radical (unpaired) electrons. The molecule has 0 saturated carbocycles. The lowest BCUT2D eigenvalue weighted by molar-refractivity contribution is 0.0917. The summed E-state index contributed by atoms with van der Waals surface area (Å²) in [5.74, 6) is 0.171. The van der Waals surface area contributed by atoms with E-state index < -0.39 is 9.84 Å². The van der Waals surface area contributed by atoms with E-state index in [1.807, 2.05) is 6.07 Å². The van der Waals surface area contributed by atoms with E-state index in [9.17, 15) is 13.2 Å². The number of nitrogens with one attached hydrogen (secondary N) is 1. The molecule has 6 nitrogen and oxygen atoms in total. The van der Waals surface area contributed by atoms with E-state index in [0.717, 1.165) is 19.5 Å². The molecule has 1 aliphatic rings. The molecule has 1 fully saturated rings. The van der Waals surface area contributed by atoms with Crippen molar-refractivity contribution in [2.24, 2.45) is 5.92 Å². The van der Waals surface area contributed by atoms with Crippen molar-refractivity contribution >= 4 is 15.7 Å². The number of rotatable bonds is 8. The third-order valence-corrected chi connectivity index (χ3v) is 8.14. The SMILES string of the molecule is Cc1ccccc1S(=O)(=O)Cc1ccc(C(=O)NCC2CCN(C(C)c3ccccc3)C2)o1. The molecule has 174 valence electrons. The van der Waals surface area contributed by atoms with Gasteiger partial charge in [-0.3, -0.25) is 9.69 Å². The Morgan fingerprint density at radius 1 is 1.09 bits per heavy atom. The lowest BCUT2D eigenvalue weighted by Gasteiger charge is -2.24. The Labute approximate surface area is 195 Å². The molecule has 1 aliphatic heterocycles. The largest absolute Gasteiger partial charge is 0.455 e. The van der Waals surface area contributed by atoms with Crippen LogP contribution in [0.4, 0.5) is 0 Å². The third kappa shape index (κ3) is 5.54. The van der Waals surface area contributed by atoms with Gasteiger partial charge in [-0.15, -0.1) is 0 Å². The summed E-state index contributed by atoms with van der Waals surface area (Å²) in [4.78, 5) is 15.3. The number of hydrogen-bond acceptors (Lipinski definition) is 5. The summed E-state index contributed by atoms with van der Waals surface area (Å²) in [6.07, 6.45) is 1.02. The molecule has 1 N–H and O–H groups in total. The van der Waals surface area contributed by atoms with Crippen LogP contribution in [0.2, 0.25) is 0 Å². The Hall–Kier alpha value is -2.90. The van der Waals surface area contributed by atoms with Crippen molar-refractivity contribution in [3.8, 4) is 0 Å². The van der Waals surface area contributed by atoms with Crippen molar-refractivity contribution in [1.82, 2.24) is 10.2 Å². The van der Waals surface area contributed by atoms with Crippen LogP contribution in [0.15, 0.2) is 76.0 Å². The van der Waals surface area contributed by atoms with Crippen LogP contribution in [0.5, 0.6) is 0 Å². The van der Waals surface area contributed by atoms with Gasteiger partial charge < -0.3 is 9.73 Å². The highest BCUT2D eigenvalue weighted by Crippen LogP contribution is 2.27. The van der Waals surface area contributed by atoms with Crippen molar-refractivity contribution in [3.63, 3.8) is 0 Å². The first-order chi connectivity index (χ1) is 15.8. The van der Waals surface area contributed by atoms with E-state index in [1.54, 1.807) is 37.3 Å². The van der Waals surface area contributed by atoms with Gasteiger partial charge in [0.15, 0.2) is 15.6 Å². The zero-order chi connectivity index (χ0) is 23.4. The zero-order valence-electron chi connectivity index (χ0n) is 19.0. The van der Waals surface area contributed by atoms with Gasteiger partial charge in [-0.25, -0.2) is 8.42 Å². The highest BCUT2D eigenvalue weighted by molar-refractivity contribution is 7.90. The summed E-state index contributed by atoms with van der Waals surface area (Å²) in [5.41, 5.74) is 1.99. The number of aryl methyl sites for hydroxylation is 1. The van der Waals surface area contributed by atoms with Gasteiger partial charge in [-0.05, 0) is 62.1 Å². The van der Waals surface area contributed by atoms with Crippen molar-refractivity contribution in [3.05, 3.63) is 89.4 Å². The smallest absolute Gasteiger partial charge is 0.287 e. The second-order valence-electron chi connectivity index (χ2n) is 8.74. The van der Waals surface area contributed by atoms with Crippen LogP contribution < -0.4 is 5.32 Å². The number of sulfone groups is 1. The molecule has 1 saturated heterocycles. The molecule has 0 spiro atoms. The lowest BCUT2D eigenvalue weighted by Crippen LogP contribution is -2.31. The minimum Gasteiger partial charge on any atom is -0.455 e. The van der Waals surface area contributed by atoms with Gasteiger partial charge in [0.25, 0.3) is 5.91 Å². The quantitative estimate of drug-likeness (QED) is 0.533. The number of nitrogens with zero attached hydrogens (tertiary/aromatic N) is 1. The molecule has 2 atom stereocenters. The Morgan fingerprint density at radius 2 is 1.82 bits per heavy atom. The second-order valence-corrected chi connectivity index (χ2v) is 10.7. The van der Waals surface area contributed by atoms with Gasteiger partial charge in [-0.2, -0.15) is 0 Å². The van der Waals surface area contributed by atoms with E-state index in [2.05, 4.69) is 41.4 Å². The molecular weight excluding hydrogens is 436 g/mol. The first-order valence-corrected chi connectivity index (χ1v) is 12.9. The molecular formula is C26H30N2O4S. The monoisotopic (exact) mass is 466 g/mol. The number of benzene rings is 2. The summed E-state index contributed by atoms with van der Waals surface area (Å²) in [5, 5.41) is 2.95. The Morgan fingerprint density at radius 3 is 2.58 bits per heavy atom. The van der Waals surface area contributed by atoms with Crippen molar-refractivity contribution in [2.75, 3.05) is 19.6 Å². The number of carbonyl (C=O) groups excluding carboxylic acids is 1. The highest BCUT2D eigenvalue weighted by Gasteiger charge is 2.27. The van der Waals surface area contributed by atoms with Crippen molar-refractivity contribution in [2.45, 2.75) is 37.0 Å². The predicted octanol–water partition coefficient (Wildman–Crippen LogP) is 4.37. The molecule has 4 rings (SSSR count). The number of likely N-dealkylation sites (tertiary alicyclic amines) is 1. The summed E-state index contributed by atoms with van der Waals surface area (Å²) < 4.78 is 31.0. The van der Waals surface area contributed by atoms with Gasteiger partial charge in [0, 0.05) is 19.1 Å². The van der Waals surface area contributed by atoms with E-state index >= 15 is 0 Å². The number of carbonyl (C=O) groups is 1. The molecule has 2 unspecified atom stereocenters. The highest BCUT2D eigenvalue weighted by atomic mass is 32.2. The molecule has 0 bridgehead atoms. The minimum absolute atomic E-state index is 0.137. The van der Waals surface area contributed by atoms with E-state index in [4.69, 9.17) is 4.42 Å². The molecule has 7 heteroatoms. The number of amides is 1. The molecule has 2 aromatic carbocycles. The van der Waals surface area contributed by atoms with Crippen LogP contribution >= 0.6 is 0 Å². The zero-order valence-corrected chi connectivity index (χ0v) is 19.8. The maximum Gasteiger partial charge on any atom is 0.287 e. The van der Waals surface area contributed by atoms with Gasteiger partial charge in [0.2, 0.25) is 0 Å². The normalized spacial score (nSPS) is 17.7. The second kappa shape index (κ2) is 9.93. The maximum atomic E-state index is 12.7. The summed E-state index contributed by atoms with van der Waals surface area (Å²) in [6.45, 7) is 6.46. The van der Waals surface area contributed by atoms with Crippen LogP contribution in [-0.2, 0) is 15.6 Å². The number of hydrogen-bond donors (Lipinski definition) is 1. The van der Waals surface area contributed by atoms with E-state index in [1.165, 1.54) is 11.6 Å². The summed E-state index contributed by atoms with van der Waals surface area (Å²) >= 11 is 0. The first kappa shape index (κ1) is 23.3. The average molecular weight is 467 g/mol. The minimum atomic E-state index is -3.55. The Bertz CT molecular complexity index is 1200. The summed E-state index contributed by atoms with van der Waals surface area (Å²) in [7, 11) is -3.55.